The predicted molar refractivity (Wildman–Crippen MR) is 73.9 cm³/mol. The largest absolute Gasteiger partial charge is 0.308 e. The van der Waals surface area contributed by atoms with E-state index in [0.29, 0.717) is 17.3 Å². The van der Waals surface area contributed by atoms with Crippen LogP contribution in [0.3, 0.4) is 0 Å². The molecule has 18 heavy (non-hydrogen) atoms. The number of hydrogen-bond donors (Lipinski definition) is 2. The zero-order valence-corrected chi connectivity index (χ0v) is 11.2. The van der Waals surface area contributed by atoms with Crippen LogP contribution in [0, 0.1) is 5.92 Å². The van der Waals surface area contributed by atoms with Crippen molar-refractivity contribution in [1.29, 1.82) is 0 Å². The number of fused-ring (bicyclic) bond motifs is 1. The van der Waals surface area contributed by atoms with E-state index in [1.54, 1.807) is 0 Å². The zero-order valence-electron chi connectivity index (χ0n) is 10.4. The summed E-state index contributed by atoms with van der Waals surface area (Å²) in [6.07, 6.45) is 3.98. The summed E-state index contributed by atoms with van der Waals surface area (Å²) in [6, 6.07) is 2.38. The summed E-state index contributed by atoms with van der Waals surface area (Å²) in [5, 5.41) is 5.33. The summed E-state index contributed by atoms with van der Waals surface area (Å²) in [6.45, 7) is 2.83. The molecule has 5 heteroatoms. The van der Waals surface area contributed by atoms with Crippen molar-refractivity contribution in [2.45, 2.75) is 38.8 Å². The molecular formula is C13H17N3OS. The van der Waals surface area contributed by atoms with Crippen LogP contribution in [0.15, 0.2) is 16.2 Å². The first-order chi connectivity index (χ1) is 8.72. The Hall–Kier alpha value is -1.20. The molecule has 2 N–H and O–H groups in total. The molecule has 4 nitrogen and oxygen atoms in total. The first kappa shape index (κ1) is 11.9. The van der Waals surface area contributed by atoms with Crippen LogP contribution in [0.5, 0.6) is 0 Å². The Labute approximate surface area is 109 Å². The topological polar surface area (TPSA) is 57.8 Å². The summed E-state index contributed by atoms with van der Waals surface area (Å²) in [5.41, 5.74) is 0.775. The second-order valence-electron chi connectivity index (χ2n) is 5.11. The first-order valence-corrected chi connectivity index (χ1v) is 7.30. The average molecular weight is 263 g/mol. The van der Waals surface area contributed by atoms with Crippen LogP contribution < -0.4 is 10.9 Å². The number of rotatable bonds is 5. The Morgan fingerprint density at radius 3 is 3.22 bits per heavy atom. The number of nitrogens with zero attached hydrogens (tertiary/aromatic N) is 1. The van der Waals surface area contributed by atoms with Crippen LogP contribution in [0.25, 0.3) is 10.2 Å². The lowest BCUT2D eigenvalue weighted by Gasteiger charge is -2.12. The summed E-state index contributed by atoms with van der Waals surface area (Å²) >= 11 is 1.44. The van der Waals surface area contributed by atoms with Gasteiger partial charge in [0.2, 0.25) is 0 Å². The fourth-order valence-corrected chi connectivity index (χ4v) is 2.94. The molecule has 3 rings (SSSR count). The molecule has 0 aliphatic heterocycles. The van der Waals surface area contributed by atoms with E-state index < -0.39 is 0 Å². The SMILES string of the molecule is CC(CC1CC1)NCc1nc2ccsc2c(=O)[nH]1. The maximum absolute atomic E-state index is 11.8. The molecule has 0 spiro atoms. The minimum absolute atomic E-state index is 0.0263. The number of hydrogen-bond acceptors (Lipinski definition) is 4. The number of nitrogens with one attached hydrogen (secondary N) is 2. The Morgan fingerprint density at radius 2 is 2.44 bits per heavy atom. The third kappa shape index (κ3) is 2.62. The van der Waals surface area contributed by atoms with Crippen molar-refractivity contribution in [3.05, 3.63) is 27.6 Å². The van der Waals surface area contributed by atoms with Gasteiger partial charge in [0.15, 0.2) is 0 Å². The van der Waals surface area contributed by atoms with Gasteiger partial charge in [0, 0.05) is 6.04 Å². The second-order valence-corrected chi connectivity index (χ2v) is 6.02. The molecule has 1 fully saturated rings. The molecule has 96 valence electrons. The second kappa shape index (κ2) is 4.82. The van der Waals surface area contributed by atoms with E-state index in [-0.39, 0.29) is 5.56 Å². The van der Waals surface area contributed by atoms with Crippen molar-refractivity contribution < 1.29 is 0 Å². The van der Waals surface area contributed by atoms with E-state index >= 15 is 0 Å². The monoisotopic (exact) mass is 263 g/mol. The molecule has 2 heterocycles. The maximum atomic E-state index is 11.8. The molecule has 0 saturated heterocycles. The molecule has 0 amide bonds. The van der Waals surface area contributed by atoms with E-state index in [1.807, 2.05) is 11.4 Å². The quantitative estimate of drug-likeness (QED) is 0.870. The van der Waals surface area contributed by atoms with Gasteiger partial charge in [-0.25, -0.2) is 4.98 Å². The number of H-pyrrole nitrogens is 1. The Balaban J connectivity index is 1.68. The fourth-order valence-electron chi connectivity index (χ4n) is 2.21. The molecule has 1 atom stereocenters. The van der Waals surface area contributed by atoms with Crippen LogP contribution in [0.1, 0.15) is 32.0 Å². The lowest BCUT2D eigenvalue weighted by molar-refractivity contribution is 0.480. The average Bonchev–Trinajstić information content (AvgIpc) is 3.01. The lowest BCUT2D eigenvalue weighted by atomic mass is 10.1. The van der Waals surface area contributed by atoms with E-state index in [2.05, 4.69) is 22.2 Å². The maximum Gasteiger partial charge on any atom is 0.268 e. The molecule has 1 saturated carbocycles. The van der Waals surface area contributed by atoms with Crippen LogP contribution >= 0.6 is 11.3 Å². The van der Waals surface area contributed by atoms with Gasteiger partial charge in [0.05, 0.1) is 12.1 Å². The van der Waals surface area contributed by atoms with Crippen molar-refractivity contribution in [1.82, 2.24) is 15.3 Å². The van der Waals surface area contributed by atoms with Gasteiger partial charge in [0.25, 0.3) is 5.56 Å². The van der Waals surface area contributed by atoms with E-state index in [0.717, 1.165) is 17.3 Å². The molecule has 0 bridgehead atoms. The number of aromatic amines is 1. The predicted octanol–water partition coefficient (Wildman–Crippen LogP) is 2.26. The van der Waals surface area contributed by atoms with E-state index in [9.17, 15) is 4.79 Å². The van der Waals surface area contributed by atoms with Crippen LogP contribution in [-0.4, -0.2) is 16.0 Å². The Morgan fingerprint density at radius 1 is 1.61 bits per heavy atom. The smallest absolute Gasteiger partial charge is 0.268 e. The lowest BCUT2D eigenvalue weighted by Crippen LogP contribution is -2.27. The molecule has 2 aromatic rings. The minimum atomic E-state index is -0.0263. The van der Waals surface area contributed by atoms with Gasteiger partial charge >= 0.3 is 0 Å². The van der Waals surface area contributed by atoms with E-state index in [1.165, 1.54) is 30.6 Å². The summed E-state index contributed by atoms with van der Waals surface area (Å²) in [7, 11) is 0. The first-order valence-electron chi connectivity index (χ1n) is 6.42. The van der Waals surface area contributed by atoms with Gasteiger partial charge < -0.3 is 10.3 Å². The highest BCUT2D eigenvalue weighted by molar-refractivity contribution is 7.17. The van der Waals surface area contributed by atoms with Gasteiger partial charge in [-0.05, 0) is 30.7 Å². The molecule has 1 unspecified atom stereocenters. The normalized spacial score (nSPS) is 17.2. The van der Waals surface area contributed by atoms with Gasteiger partial charge in [-0.3, -0.25) is 4.79 Å². The molecule has 2 aromatic heterocycles. The highest BCUT2D eigenvalue weighted by atomic mass is 32.1. The number of thiophene rings is 1. The highest BCUT2D eigenvalue weighted by Crippen LogP contribution is 2.33. The van der Waals surface area contributed by atoms with E-state index in [4.69, 9.17) is 0 Å². The van der Waals surface area contributed by atoms with Crippen LogP contribution in [-0.2, 0) is 6.54 Å². The van der Waals surface area contributed by atoms with Gasteiger partial charge in [0.1, 0.15) is 10.5 Å². The summed E-state index contributed by atoms with van der Waals surface area (Å²) in [5.74, 6) is 1.65. The Kier molecular flexibility index (Phi) is 3.18. The Bertz CT molecular complexity index is 600. The molecule has 1 aliphatic carbocycles. The van der Waals surface area contributed by atoms with Crippen molar-refractivity contribution in [3.8, 4) is 0 Å². The van der Waals surface area contributed by atoms with Crippen molar-refractivity contribution in [2.75, 3.05) is 0 Å². The summed E-state index contributed by atoms with van der Waals surface area (Å²) < 4.78 is 0.713. The molecule has 0 radical (unpaired) electrons. The fraction of sp³-hybridized carbons (Fsp3) is 0.538. The van der Waals surface area contributed by atoms with Crippen LogP contribution in [0.4, 0.5) is 0 Å². The van der Waals surface area contributed by atoms with Crippen molar-refractivity contribution in [3.63, 3.8) is 0 Å². The highest BCUT2D eigenvalue weighted by Gasteiger charge is 2.23. The minimum Gasteiger partial charge on any atom is -0.308 e. The number of aromatic nitrogens is 2. The standard InChI is InChI=1S/C13H17N3OS/c1-8(6-9-2-3-9)14-7-11-15-10-4-5-18-12(10)13(17)16-11/h4-5,8-9,14H,2-3,6-7H2,1H3,(H,15,16,17). The molecular weight excluding hydrogens is 246 g/mol. The third-order valence-electron chi connectivity index (χ3n) is 3.37. The zero-order chi connectivity index (χ0) is 12.5. The van der Waals surface area contributed by atoms with Gasteiger partial charge in [-0.15, -0.1) is 11.3 Å². The molecule has 0 aromatic carbocycles. The van der Waals surface area contributed by atoms with Crippen molar-refractivity contribution >= 4 is 21.6 Å². The van der Waals surface area contributed by atoms with Gasteiger partial charge in [-0.2, -0.15) is 0 Å². The van der Waals surface area contributed by atoms with Crippen LogP contribution in [0.2, 0.25) is 0 Å². The summed E-state index contributed by atoms with van der Waals surface area (Å²) in [4.78, 5) is 19.1. The third-order valence-corrected chi connectivity index (χ3v) is 4.27. The molecule has 1 aliphatic rings. The van der Waals surface area contributed by atoms with Crippen molar-refractivity contribution in [2.24, 2.45) is 5.92 Å². The van der Waals surface area contributed by atoms with Gasteiger partial charge in [-0.1, -0.05) is 12.8 Å².